The Bertz CT molecular complexity index is 275. The highest BCUT2D eigenvalue weighted by Crippen LogP contribution is 2.07. The molecule has 0 radical (unpaired) electrons. The summed E-state index contributed by atoms with van der Waals surface area (Å²) in [5.74, 6) is -0.793. The zero-order chi connectivity index (χ0) is 13.5. The van der Waals surface area contributed by atoms with Crippen LogP contribution >= 0.6 is 0 Å². The van der Waals surface area contributed by atoms with E-state index in [1.54, 1.807) is 12.2 Å². The molecule has 0 aliphatic heterocycles. The summed E-state index contributed by atoms with van der Waals surface area (Å²) in [5, 5.41) is 8.40. The second kappa shape index (κ2) is 13.8. The average molecular weight is 250 g/mol. The molecule has 0 aliphatic rings. The third-order valence-corrected chi connectivity index (χ3v) is 2.62. The highest BCUT2D eigenvalue weighted by molar-refractivity contribution is 5.68. The fourth-order valence-electron chi connectivity index (χ4n) is 1.59. The van der Waals surface area contributed by atoms with Gasteiger partial charge in [0.2, 0.25) is 0 Å². The smallest absolute Gasteiger partial charge is 0.307 e. The van der Waals surface area contributed by atoms with Gasteiger partial charge >= 0.3 is 5.97 Å². The first-order chi connectivity index (χ1) is 8.77. The Morgan fingerprint density at radius 2 is 1.50 bits per heavy atom. The molecule has 0 aromatic heterocycles. The molecular weight excluding hydrogens is 224 g/mol. The summed E-state index contributed by atoms with van der Waals surface area (Å²) < 4.78 is 0. The van der Waals surface area contributed by atoms with Gasteiger partial charge in [-0.05, 0) is 12.8 Å². The van der Waals surface area contributed by atoms with Gasteiger partial charge in [-0.1, -0.05) is 75.5 Å². The second-order valence-electron chi connectivity index (χ2n) is 4.40. The summed E-state index contributed by atoms with van der Waals surface area (Å²) >= 11 is 0. The first-order valence-electron chi connectivity index (χ1n) is 6.97. The molecule has 0 unspecified atom stereocenters. The van der Waals surface area contributed by atoms with Gasteiger partial charge in [0.1, 0.15) is 0 Å². The van der Waals surface area contributed by atoms with E-state index < -0.39 is 5.97 Å². The van der Waals surface area contributed by atoms with Crippen LogP contribution in [-0.4, -0.2) is 11.1 Å². The van der Waals surface area contributed by atoms with E-state index in [1.165, 1.54) is 38.5 Å². The summed E-state index contributed by atoms with van der Waals surface area (Å²) in [7, 11) is 0. The number of carboxylic acid groups (broad SMARTS) is 1. The molecule has 0 atom stereocenters. The normalized spacial score (nSPS) is 12.1. The minimum Gasteiger partial charge on any atom is -0.481 e. The van der Waals surface area contributed by atoms with Crippen LogP contribution in [0.2, 0.25) is 0 Å². The molecule has 0 aromatic carbocycles. The van der Waals surface area contributed by atoms with Crippen LogP contribution in [0.4, 0.5) is 0 Å². The molecule has 1 N–H and O–H groups in total. The van der Waals surface area contributed by atoms with E-state index in [-0.39, 0.29) is 6.42 Å². The van der Waals surface area contributed by atoms with Gasteiger partial charge in [-0.3, -0.25) is 4.79 Å². The molecule has 2 nitrogen and oxygen atoms in total. The van der Waals surface area contributed by atoms with Crippen molar-refractivity contribution in [2.24, 2.45) is 0 Å². The van der Waals surface area contributed by atoms with Crippen molar-refractivity contribution in [1.82, 2.24) is 0 Å². The third-order valence-electron chi connectivity index (χ3n) is 2.62. The van der Waals surface area contributed by atoms with Crippen LogP contribution in [0.5, 0.6) is 0 Å². The van der Waals surface area contributed by atoms with Crippen LogP contribution < -0.4 is 0 Å². The number of carboxylic acids is 1. The standard InChI is InChI=1S/C16H26O2/c1-2-3-4-5-6-7-8-9-10-11-12-13-14-15-16(17)18/h9-14H,2-8,15H2,1H3,(H,17,18). The van der Waals surface area contributed by atoms with Crippen molar-refractivity contribution in [3.8, 4) is 0 Å². The van der Waals surface area contributed by atoms with E-state index in [0.29, 0.717) is 0 Å². The number of hydrogen-bond donors (Lipinski definition) is 1. The van der Waals surface area contributed by atoms with Crippen LogP contribution in [0.1, 0.15) is 58.3 Å². The summed E-state index contributed by atoms with van der Waals surface area (Å²) in [6.07, 6.45) is 20.6. The third kappa shape index (κ3) is 14.7. The average Bonchev–Trinajstić information content (AvgIpc) is 2.34. The molecular formula is C16H26O2. The SMILES string of the molecule is CCCCCCCCC=CC=CC=CCC(=O)O. The number of carbonyl (C=O) groups is 1. The van der Waals surface area contributed by atoms with Gasteiger partial charge in [0, 0.05) is 0 Å². The molecule has 0 aliphatic carbocycles. The zero-order valence-electron chi connectivity index (χ0n) is 11.5. The quantitative estimate of drug-likeness (QED) is 0.419. The Balaban J connectivity index is 3.34. The number of hydrogen-bond acceptors (Lipinski definition) is 1. The molecule has 0 fully saturated rings. The lowest BCUT2D eigenvalue weighted by molar-refractivity contribution is -0.135. The predicted molar refractivity (Wildman–Crippen MR) is 77.7 cm³/mol. The van der Waals surface area contributed by atoms with Gasteiger partial charge in [-0.25, -0.2) is 0 Å². The number of unbranched alkanes of at least 4 members (excludes halogenated alkanes) is 6. The molecule has 0 heterocycles. The molecule has 18 heavy (non-hydrogen) atoms. The number of rotatable bonds is 11. The minimum absolute atomic E-state index is 0.0891. The Hall–Kier alpha value is -1.31. The number of allylic oxidation sites excluding steroid dienone is 5. The molecule has 0 aromatic rings. The van der Waals surface area contributed by atoms with Crippen molar-refractivity contribution in [1.29, 1.82) is 0 Å². The largest absolute Gasteiger partial charge is 0.481 e. The maximum Gasteiger partial charge on any atom is 0.307 e. The monoisotopic (exact) mass is 250 g/mol. The van der Waals surface area contributed by atoms with Gasteiger partial charge in [0.25, 0.3) is 0 Å². The molecule has 0 spiro atoms. The lowest BCUT2D eigenvalue weighted by Crippen LogP contribution is -1.89. The van der Waals surface area contributed by atoms with Crippen LogP contribution in [0, 0.1) is 0 Å². The van der Waals surface area contributed by atoms with E-state index in [0.717, 1.165) is 6.42 Å². The lowest BCUT2D eigenvalue weighted by atomic mass is 10.1. The van der Waals surface area contributed by atoms with Crippen LogP contribution in [-0.2, 0) is 4.79 Å². The fourth-order valence-corrected chi connectivity index (χ4v) is 1.59. The van der Waals surface area contributed by atoms with Crippen molar-refractivity contribution in [3.63, 3.8) is 0 Å². The van der Waals surface area contributed by atoms with Crippen molar-refractivity contribution in [2.75, 3.05) is 0 Å². The van der Waals surface area contributed by atoms with Crippen LogP contribution in [0.25, 0.3) is 0 Å². The van der Waals surface area contributed by atoms with Gasteiger partial charge in [0.05, 0.1) is 6.42 Å². The maximum atomic E-state index is 10.2. The highest BCUT2D eigenvalue weighted by atomic mass is 16.4. The Morgan fingerprint density at radius 3 is 2.17 bits per heavy atom. The lowest BCUT2D eigenvalue weighted by Gasteiger charge is -1.97. The Kier molecular flexibility index (Phi) is 12.8. The summed E-state index contributed by atoms with van der Waals surface area (Å²) in [6, 6.07) is 0. The summed E-state index contributed by atoms with van der Waals surface area (Å²) in [4.78, 5) is 10.2. The van der Waals surface area contributed by atoms with Crippen molar-refractivity contribution in [2.45, 2.75) is 58.3 Å². The second-order valence-corrected chi connectivity index (χ2v) is 4.40. The molecule has 0 saturated carbocycles. The van der Waals surface area contributed by atoms with E-state index in [9.17, 15) is 4.79 Å². The minimum atomic E-state index is -0.793. The fraction of sp³-hybridized carbons (Fsp3) is 0.562. The maximum absolute atomic E-state index is 10.2. The van der Waals surface area contributed by atoms with Gasteiger partial charge in [-0.2, -0.15) is 0 Å². The first-order valence-corrected chi connectivity index (χ1v) is 6.97. The predicted octanol–water partition coefficient (Wildman–Crippen LogP) is 4.88. The van der Waals surface area contributed by atoms with Crippen molar-refractivity contribution < 1.29 is 9.90 Å². The Labute approximate surface area is 111 Å². The molecule has 102 valence electrons. The van der Waals surface area contributed by atoms with Crippen molar-refractivity contribution in [3.05, 3.63) is 36.5 Å². The first kappa shape index (κ1) is 16.7. The highest BCUT2D eigenvalue weighted by Gasteiger charge is 1.87. The zero-order valence-corrected chi connectivity index (χ0v) is 11.5. The Morgan fingerprint density at radius 1 is 0.889 bits per heavy atom. The van der Waals surface area contributed by atoms with Crippen molar-refractivity contribution >= 4 is 5.97 Å². The summed E-state index contributed by atoms with van der Waals surface area (Å²) in [6.45, 7) is 2.24. The molecule has 0 bridgehead atoms. The van der Waals surface area contributed by atoms with Crippen LogP contribution in [0.3, 0.4) is 0 Å². The summed E-state index contributed by atoms with van der Waals surface area (Å²) in [5.41, 5.74) is 0. The van der Waals surface area contributed by atoms with E-state index in [4.69, 9.17) is 5.11 Å². The van der Waals surface area contributed by atoms with Gasteiger partial charge < -0.3 is 5.11 Å². The van der Waals surface area contributed by atoms with E-state index >= 15 is 0 Å². The topological polar surface area (TPSA) is 37.3 Å². The molecule has 0 saturated heterocycles. The van der Waals surface area contributed by atoms with Gasteiger partial charge in [0.15, 0.2) is 0 Å². The molecule has 0 rings (SSSR count). The molecule has 2 heteroatoms. The number of aliphatic carboxylic acids is 1. The van der Waals surface area contributed by atoms with Gasteiger partial charge in [-0.15, -0.1) is 0 Å². The van der Waals surface area contributed by atoms with Crippen LogP contribution in [0.15, 0.2) is 36.5 Å². The molecule has 0 amide bonds. The van der Waals surface area contributed by atoms with E-state index in [2.05, 4.69) is 13.0 Å². The van der Waals surface area contributed by atoms with E-state index in [1.807, 2.05) is 18.2 Å².